The Hall–Kier alpha value is -1.73. The second-order valence-electron chi connectivity index (χ2n) is 4.90. The number of urea groups is 1. The van der Waals surface area contributed by atoms with Gasteiger partial charge in [-0.2, -0.15) is 0 Å². The van der Waals surface area contributed by atoms with Crippen molar-refractivity contribution < 1.29 is 4.79 Å². The number of para-hydroxylation sites is 2. The van der Waals surface area contributed by atoms with Gasteiger partial charge in [0.15, 0.2) is 11.3 Å². The lowest BCUT2D eigenvalue weighted by molar-refractivity contribution is 0.247. The van der Waals surface area contributed by atoms with Gasteiger partial charge in [0, 0.05) is 11.4 Å². The molecular formula is C16H15Cl3N4OS. The predicted octanol–water partition coefficient (Wildman–Crippen LogP) is 4.49. The number of nitrogens with one attached hydrogen (secondary N) is 4. The van der Waals surface area contributed by atoms with Gasteiger partial charge in [-0.05, 0) is 36.5 Å². The molecule has 0 aliphatic heterocycles. The fraction of sp³-hybridized carbons (Fsp3) is 0.125. The molecule has 0 aliphatic carbocycles. The fourth-order valence-electron chi connectivity index (χ4n) is 1.84. The van der Waals surface area contributed by atoms with Crippen LogP contribution in [0.1, 0.15) is 0 Å². The van der Waals surface area contributed by atoms with Crippen molar-refractivity contribution in [2.45, 2.75) is 9.96 Å². The van der Waals surface area contributed by atoms with Crippen LogP contribution in [-0.4, -0.2) is 21.1 Å². The van der Waals surface area contributed by atoms with Gasteiger partial charge in [-0.25, -0.2) is 4.79 Å². The maximum Gasteiger partial charge on any atom is 0.320 e. The number of benzene rings is 2. The minimum Gasteiger partial charge on any atom is -0.339 e. The molecule has 0 aliphatic rings. The lowest BCUT2D eigenvalue weighted by Gasteiger charge is -2.27. The number of rotatable bonds is 4. The van der Waals surface area contributed by atoms with E-state index in [9.17, 15) is 4.79 Å². The van der Waals surface area contributed by atoms with E-state index in [1.807, 2.05) is 36.4 Å². The van der Waals surface area contributed by atoms with Crippen molar-refractivity contribution in [1.29, 1.82) is 0 Å². The van der Waals surface area contributed by atoms with Crippen LogP contribution >= 0.6 is 47.0 Å². The molecular weight excluding hydrogens is 403 g/mol. The average molecular weight is 418 g/mol. The van der Waals surface area contributed by atoms with Gasteiger partial charge in [-0.15, -0.1) is 0 Å². The Bertz CT molecular complexity index is 655. The topological polar surface area (TPSA) is 65.2 Å². The largest absolute Gasteiger partial charge is 0.339 e. The zero-order valence-electron chi connectivity index (χ0n) is 12.8. The van der Waals surface area contributed by atoms with Crippen molar-refractivity contribution in [3.63, 3.8) is 0 Å². The number of hydrogen-bond acceptors (Lipinski definition) is 2. The normalized spacial score (nSPS) is 12.0. The molecule has 0 fully saturated rings. The standard InChI is InChI=1S/C16H15Cl3N4OS/c17-16(18,19)13(22-14(24)20-11-7-3-1-4-8-11)23-15(25)21-12-9-5-2-6-10-12/h1-10,13H,(H2,20,22,24)(H2,21,23,25)/t13-/m0/s1. The third-order valence-corrected chi connectivity index (χ3v) is 3.82. The number of alkyl halides is 3. The molecule has 1 atom stereocenters. The number of anilines is 2. The smallest absolute Gasteiger partial charge is 0.320 e. The molecule has 0 saturated heterocycles. The summed E-state index contributed by atoms with van der Waals surface area (Å²) in [7, 11) is 0. The maximum atomic E-state index is 12.1. The van der Waals surface area contributed by atoms with Crippen LogP contribution in [0.5, 0.6) is 0 Å². The summed E-state index contributed by atoms with van der Waals surface area (Å²) >= 11 is 23.0. The number of carbonyl (C=O) groups is 1. The van der Waals surface area contributed by atoms with Crippen LogP contribution in [0, 0.1) is 0 Å². The minimum absolute atomic E-state index is 0.197. The van der Waals surface area contributed by atoms with Crippen LogP contribution in [-0.2, 0) is 0 Å². The lowest BCUT2D eigenvalue weighted by atomic mass is 10.3. The fourth-order valence-corrected chi connectivity index (χ4v) is 2.40. The van der Waals surface area contributed by atoms with E-state index < -0.39 is 16.0 Å². The highest BCUT2D eigenvalue weighted by Gasteiger charge is 2.34. The van der Waals surface area contributed by atoms with E-state index >= 15 is 0 Å². The first-order valence-corrected chi connectivity index (χ1v) is 8.70. The molecule has 5 nitrogen and oxygen atoms in total. The summed E-state index contributed by atoms with van der Waals surface area (Å²) in [5, 5.41) is 11.1. The molecule has 0 radical (unpaired) electrons. The molecule has 9 heteroatoms. The van der Waals surface area contributed by atoms with Gasteiger partial charge < -0.3 is 21.3 Å². The molecule has 0 saturated carbocycles. The van der Waals surface area contributed by atoms with Crippen LogP contribution in [0.3, 0.4) is 0 Å². The van der Waals surface area contributed by atoms with Gasteiger partial charge in [0.05, 0.1) is 0 Å². The molecule has 2 aromatic rings. The second-order valence-corrected chi connectivity index (χ2v) is 7.68. The summed E-state index contributed by atoms with van der Waals surface area (Å²) in [5.41, 5.74) is 1.37. The SMILES string of the molecule is O=C(Nc1ccccc1)N[C@@H](NC(=S)Nc1ccccc1)C(Cl)(Cl)Cl. The summed E-state index contributed by atoms with van der Waals surface area (Å²) in [6, 6.07) is 17.6. The van der Waals surface area contributed by atoms with Gasteiger partial charge in [-0.3, -0.25) is 0 Å². The second kappa shape index (κ2) is 9.10. The van der Waals surface area contributed by atoms with E-state index in [1.165, 1.54) is 0 Å². The van der Waals surface area contributed by atoms with E-state index in [0.717, 1.165) is 5.69 Å². The summed E-state index contributed by atoms with van der Waals surface area (Å²) in [6.45, 7) is 0. The molecule has 0 bridgehead atoms. The Morgan fingerprint density at radius 2 is 1.32 bits per heavy atom. The average Bonchev–Trinajstić information content (AvgIpc) is 2.55. The molecule has 0 spiro atoms. The van der Waals surface area contributed by atoms with Gasteiger partial charge in [0.2, 0.25) is 3.79 Å². The molecule has 132 valence electrons. The molecule has 0 aromatic heterocycles. The quantitative estimate of drug-likeness (QED) is 0.336. The molecule has 2 amide bonds. The van der Waals surface area contributed by atoms with Gasteiger partial charge >= 0.3 is 6.03 Å². The predicted molar refractivity (Wildman–Crippen MR) is 108 cm³/mol. The summed E-state index contributed by atoms with van der Waals surface area (Å²) in [6.07, 6.45) is -1.05. The number of thiocarbonyl (C=S) groups is 1. The highest BCUT2D eigenvalue weighted by Crippen LogP contribution is 2.29. The Labute approximate surface area is 166 Å². The molecule has 2 rings (SSSR count). The van der Waals surface area contributed by atoms with Crippen LogP contribution in [0.2, 0.25) is 0 Å². The summed E-state index contributed by atoms with van der Waals surface area (Å²) < 4.78 is -1.82. The van der Waals surface area contributed by atoms with Gasteiger partial charge in [-0.1, -0.05) is 71.2 Å². The van der Waals surface area contributed by atoms with E-state index in [4.69, 9.17) is 47.0 Å². The van der Waals surface area contributed by atoms with Crippen molar-refractivity contribution in [3.05, 3.63) is 60.7 Å². The van der Waals surface area contributed by atoms with Crippen molar-refractivity contribution in [2.75, 3.05) is 10.6 Å². The Kier molecular flexibility index (Phi) is 7.13. The molecule has 25 heavy (non-hydrogen) atoms. The number of halogens is 3. The Balaban J connectivity index is 1.96. The zero-order valence-corrected chi connectivity index (χ0v) is 15.9. The van der Waals surface area contributed by atoms with Crippen LogP contribution in [0.15, 0.2) is 60.7 Å². The van der Waals surface area contributed by atoms with Crippen LogP contribution in [0.4, 0.5) is 16.2 Å². The Morgan fingerprint density at radius 3 is 1.80 bits per heavy atom. The van der Waals surface area contributed by atoms with Gasteiger partial charge in [0.25, 0.3) is 0 Å². The van der Waals surface area contributed by atoms with E-state index in [1.54, 1.807) is 24.3 Å². The third-order valence-electron chi connectivity index (χ3n) is 2.94. The Morgan fingerprint density at radius 1 is 0.840 bits per heavy atom. The highest BCUT2D eigenvalue weighted by molar-refractivity contribution is 7.80. The summed E-state index contributed by atoms with van der Waals surface area (Å²) in [5.74, 6) is 0. The summed E-state index contributed by atoms with van der Waals surface area (Å²) in [4.78, 5) is 12.1. The van der Waals surface area contributed by atoms with E-state index in [-0.39, 0.29) is 5.11 Å². The van der Waals surface area contributed by atoms with Crippen molar-refractivity contribution >= 4 is 69.5 Å². The number of hydrogen-bond donors (Lipinski definition) is 4. The van der Waals surface area contributed by atoms with Gasteiger partial charge in [0.1, 0.15) is 0 Å². The number of carbonyl (C=O) groups excluding carboxylic acids is 1. The van der Waals surface area contributed by atoms with Crippen LogP contribution in [0.25, 0.3) is 0 Å². The highest BCUT2D eigenvalue weighted by atomic mass is 35.6. The third kappa shape index (κ3) is 6.96. The first-order valence-electron chi connectivity index (χ1n) is 7.16. The molecule has 2 aromatic carbocycles. The lowest BCUT2D eigenvalue weighted by Crippen LogP contribution is -2.57. The number of amides is 2. The van der Waals surface area contributed by atoms with Crippen molar-refractivity contribution in [1.82, 2.24) is 10.6 Å². The zero-order chi connectivity index (χ0) is 18.3. The minimum atomic E-state index is -1.82. The molecule has 4 N–H and O–H groups in total. The molecule has 0 unspecified atom stereocenters. The van der Waals surface area contributed by atoms with Crippen molar-refractivity contribution in [3.8, 4) is 0 Å². The molecule has 0 heterocycles. The first kappa shape index (κ1) is 19.6. The van der Waals surface area contributed by atoms with E-state index in [2.05, 4.69) is 21.3 Å². The van der Waals surface area contributed by atoms with Crippen LogP contribution < -0.4 is 21.3 Å². The van der Waals surface area contributed by atoms with E-state index in [0.29, 0.717) is 5.69 Å². The first-order chi connectivity index (χ1) is 11.8. The maximum absolute atomic E-state index is 12.1. The monoisotopic (exact) mass is 416 g/mol. The van der Waals surface area contributed by atoms with Crippen molar-refractivity contribution in [2.24, 2.45) is 0 Å².